The summed E-state index contributed by atoms with van der Waals surface area (Å²) in [6.45, 7) is 4.65. The summed E-state index contributed by atoms with van der Waals surface area (Å²) in [4.78, 5) is 2.55. The SMILES string of the molecule is Cl.Cl.Clc1ccc(COc2ccc(CNC3CCN(Cc4ccccc4)CC3)cc2)c(Cl)c1. The first-order valence-corrected chi connectivity index (χ1v) is 11.6. The maximum absolute atomic E-state index is 6.21. The van der Waals surface area contributed by atoms with Crippen LogP contribution in [0.2, 0.25) is 10.0 Å². The number of likely N-dealkylation sites (tertiary alicyclic amines) is 1. The maximum atomic E-state index is 6.21. The minimum Gasteiger partial charge on any atom is -0.489 e. The molecule has 7 heteroatoms. The van der Waals surface area contributed by atoms with Crippen LogP contribution in [0.4, 0.5) is 0 Å². The van der Waals surface area contributed by atoms with Crippen LogP contribution in [0, 0.1) is 0 Å². The lowest BCUT2D eigenvalue weighted by atomic mass is 10.0. The monoisotopic (exact) mass is 526 g/mol. The van der Waals surface area contributed by atoms with E-state index < -0.39 is 0 Å². The van der Waals surface area contributed by atoms with Crippen molar-refractivity contribution in [1.29, 1.82) is 0 Å². The molecule has 0 unspecified atom stereocenters. The van der Waals surface area contributed by atoms with E-state index in [0.717, 1.165) is 37.5 Å². The number of nitrogens with one attached hydrogen (secondary N) is 1. The number of halogens is 4. The van der Waals surface area contributed by atoms with Crippen molar-refractivity contribution >= 4 is 48.0 Å². The second kappa shape index (κ2) is 14.1. The third-order valence-electron chi connectivity index (χ3n) is 5.76. The zero-order chi connectivity index (χ0) is 21.5. The molecule has 178 valence electrons. The Morgan fingerprint density at radius 1 is 0.848 bits per heavy atom. The van der Waals surface area contributed by atoms with Gasteiger partial charge in [0.1, 0.15) is 12.4 Å². The van der Waals surface area contributed by atoms with Gasteiger partial charge in [-0.15, -0.1) is 24.8 Å². The van der Waals surface area contributed by atoms with Crippen molar-refractivity contribution in [3.63, 3.8) is 0 Å². The molecule has 4 rings (SSSR count). The highest BCUT2D eigenvalue weighted by Crippen LogP contribution is 2.23. The Balaban J connectivity index is 0.00000193. The van der Waals surface area contributed by atoms with E-state index in [2.05, 4.69) is 52.7 Å². The predicted octanol–water partition coefficient (Wildman–Crippen LogP) is 7.17. The Kier molecular flexibility index (Phi) is 11.8. The van der Waals surface area contributed by atoms with E-state index in [1.54, 1.807) is 6.07 Å². The van der Waals surface area contributed by atoms with Gasteiger partial charge in [-0.2, -0.15) is 0 Å². The quantitative estimate of drug-likeness (QED) is 0.336. The summed E-state index contributed by atoms with van der Waals surface area (Å²) in [5.41, 5.74) is 3.59. The highest BCUT2D eigenvalue weighted by molar-refractivity contribution is 6.35. The first-order chi connectivity index (χ1) is 15.2. The lowest BCUT2D eigenvalue weighted by molar-refractivity contribution is 0.190. The van der Waals surface area contributed by atoms with Gasteiger partial charge in [-0.25, -0.2) is 0 Å². The first-order valence-electron chi connectivity index (χ1n) is 10.8. The van der Waals surface area contributed by atoms with Crippen LogP contribution in [0.25, 0.3) is 0 Å². The second-order valence-electron chi connectivity index (χ2n) is 8.09. The summed E-state index contributed by atoms with van der Waals surface area (Å²) in [5, 5.41) is 4.97. The van der Waals surface area contributed by atoms with E-state index in [0.29, 0.717) is 22.7 Å². The molecule has 0 saturated carbocycles. The van der Waals surface area contributed by atoms with Crippen molar-refractivity contribution in [1.82, 2.24) is 10.2 Å². The molecule has 0 aliphatic carbocycles. The fourth-order valence-electron chi connectivity index (χ4n) is 3.90. The van der Waals surface area contributed by atoms with Gasteiger partial charge in [0.05, 0.1) is 0 Å². The Morgan fingerprint density at radius 2 is 1.55 bits per heavy atom. The van der Waals surface area contributed by atoms with E-state index in [9.17, 15) is 0 Å². The van der Waals surface area contributed by atoms with Gasteiger partial charge in [0.2, 0.25) is 0 Å². The third-order valence-corrected chi connectivity index (χ3v) is 6.35. The average Bonchev–Trinajstić information content (AvgIpc) is 2.79. The minimum absolute atomic E-state index is 0. The van der Waals surface area contributed by atoms with Gasteiger partial charge in [-0.3, -0.25) is 4.90 Å². The Labute approximate surface area is 219 Å². The Morgan fingerprint density at radius 3 is 2.21 bits per heavy atom. The zero-order valence-electron chi connectivity index (χ0n) is 18.4. The summed E-state index contributed by atoms with van der Waals surface area (Å²) < 4.78 is 5.87. The van der Waals surface area contributed by atoms with E-state index in [1.165, 1.54) is 24.0 Å². The number of piperidine rings is 1. The van der Waals surface area contributed by atoms with Crippen LogP contribution in [0.5, 0.6) is 5.75 Å². The first kappa shape index (κ1) is 27.8. The number of ether oxygens (including phenoxy) is 1. The number of nitrogens with zero attached hydrogens (tertiary/aromatic N) is 1. The summed E-state index contributed by atoms with van der Waals surface area (Å²) in [7, 11) is 0. The molecule has 1 aliphatic heterocycles. The van der Waals surface area contributed by atoms with Crippen molar-refractivity contribution in [3.05, 3.63) is 99.5 Å². The predicted molar refractivity (Wildman–Crippen MR) is 143 cm³/mol. The van der Waals surface area contributed by atoms with E-state index in [4.69, 9.17) is 27.9 Å². The molecule has 0 radical (unpaired) electrons. The third kappa shape index (κ3) is 8.68. The van der Waals surface area contributed by atoms with Crippen molar-refractivity contribution in [2.24, 2.45) is 0 Å². The van der Waals surface area contributed by atoms with Crippen LogP contribution >= 0.6 is 48.0 Å². The molecule has 3 aromatic rings. The van der Waals surface area contributed by atoms with Crippen molar-refractivity contribution in [2.75, 3.05) is 13.1 Å². The summed E-state index contributed by atoms with van der Waals surface area (Å²) in [6.07, 6.45) is 2.38. The number of benzene rings is 3. The Hall–Kier alpha value is -1.46. The van der Waals surface area contributed by atoms with Crippen LogP contribution in [0.15, 0.2) is 72.8 Å². The molecule has 0 amide bonds. The fraction of sp³-hybridized carbons (Fsp3) is 0.308. The molecule has 0 atom stereocenters. The molecular formula is C26H30Cl4N2O. The van der Waals surface area contributed by atoms with Crippen molar-refractivity contribution in [2.45, 2.75) is 38.6 Å². The van der Waals surface area contributed by atoms with Gasteiger partial charge in [0.15, 0.2) is 0 Å². The molecule has 1 heterocycles. The lowest BCUT2D eigenvalue weighted by Gasteiger charge is -2.32. The minimum atomic E-state index is 0. The highest BCUT2D eigenvalue weighted by Gasteiger charge is 2.18. The number of hydrogen-bond donors (Lipinski definition) is 1. The van der Waals surface area contributed by atoms with E-state index >= 15 is 0 Å². The molecule has 0 bridgehead atoms. The number of hydrogen-bond acceptors (Lipinski definition) is 3. The van der Waals surface area contributed by atoms with Crippen LogP contribution in [-0.4, -0.2) is 24.0 Å². The van der Waals surface area contributed by atoms with Gasteiger partial charge in [-0.1, -0.05) is 71.7 Å². The molecule has 1 fully saturated rings. The van der Waals surface area contributed by atoms with Crippen molar-refractivity contribution in [3.8, 4) is 5.75 Å². The van der Waals surface area contributed by atoms with Crippen LogP contribution in [0.3, 0.4) is 0 Å². The average molecular weight is 528 g/mol. The topological polar surface area (TPSA) is 24.5 Å². The van der Waals surface area contributed by atoms with E-state index in [1.807, 2.05) is 24.3 Å². The zero-order valence-corrected chi connectivity index (χ0v) is 21.5. The van der Waals surface area contributed by atoms with Crippen LogP contribution in [-0.2, 0) is 19.7 Å². The standard InChI is InChI=1S/C26H28Cl2N2O.2ClH/c27-23-9-8-22(26(28)16-23)19-31-25-10-6-20(7-11-25)17-29-24-12-14-30(15-13-24)18-21-4-2-1-3-5-21;;/h1-11,16,24,29H,12-15,17-19H2;2*1H. The molecular weight excluding hydrogens is 498 g/mol. The number of rotatable bonds is 8. The van der Waals surface area contributed by atoms with Gasteiger partial charge >= 0.3 is 0 Å². The van der Waals surface area contributed by atoms with Crippen LogP contribution in [0.1, 0.15) is 29.5 Å². The molecule has 3 aromatic carbocycles. The molecule has 1 saturated heterocycles. The molecule has 3 nitrogen and oxygen atoms in total. The molecule has 33 heavy (non-hydrogen) atoms. The van der Waals surface area contributed by atoms with Gasteiger partial charge in [-0.05, 0) is 61.3 Å². The van der Waals surface area contributed by atoms with Gasteiger partial charge < -0.3 is 10.1 Å². The molecule has 0 spiro atoms. The highest BCUT2D eigenvalue weighted by atomic mass is 35.5. The van der Waals surface area contributed by atoms with Gasteiger partial charge in [0, 0.05) is 34.7 Å². The largest absolute Gasteiger partial charge is 0.489 e. The van der Waals surface area contributed by atoms with Gasteiger partial charge in [0.25, 0.3) is 0 Å². The van der Waals surface area contributed by atoms with E-state index in [-0.39, 0.29) is 24.8 Å². The van der Waals surface area contributed by atoms with Crippen molar-refractivity contribution < 1.29 is 4.74 Å². The lowest BCUT2D eigenvalue weighted by Crippen LogP contribution is -2.41. The molecule has 1 N–H and O–H groups in total. The Bertz CT molecular complexity index is 962. The maximum Gasteiger partial charge on any atom is 0.119 e. The summed E-state index contributed by atoms with van der Waals surface area (Å²) in [6, 6.07) is 25.1. The molecule has 1 aliphatic rings. The smallest absolute Gasteiger partial charge is 0.119 e. The normalized spacial score (nSPS) is 14.2. The molecule has 0 aromatic heterocycles. The van der Waals surface area contributed by atoms with Crippen LogP contribution < -0.4 is 10.1 Å². The summed E-state index contributed by atoms with van der Waals surface area (Å²) in [5.74, 6) is 0.837. The fourth-order valence-corrected chi connectivity index (χ4v) is 4.37. The summed E-state index contributed by atoms with van der Waals surface area (Å²) >= 11 is 12.2. The second-order valence-corrected chi connectivity index (χ2v) is 8.93.